The molecular formula is C52H40N2Si. The third-order valence-corrected chi connectivity index (χ3v) is 15.4. The first-order valence-corrected chi connectivity index (χ1v) is 20.9. The summed E-state index contributed by atoms with van der Waals surface area (Å²) in [7, 11) is -3.07. The summed E-state index contributed by atoms with van der Waals surface area (Å²) in [6.07, 6.45) is 0. The lowest BCUT2D eigenvalue weighted by molar-refractivity contribution is 1.29. The SMILES string of the molecule is c1ccc(N(c2ccccc2)c2ccccc2[Si](c2ccccc2)(c2ccccc2)c2cccc(N(c3ccccc3)c3cccc4ccccc34)c2)cc1. The Kier molecular flexibility index (Phi) is 9.35. The zero-order valence-electron chi connectivity index (χ0n) is 30.5. The summed E-state index contributed by atoms with van der Waals surface area (Å²) in [6.45, 7) is 0. The smallest absolute Gasteiger partial charge is 0.181 e. The molecule has 0 bridgehead atoms. The highest BCUT2D eigenvalue weighted by molar-refractivity contribution is 7.20. The number of nitrogens with zero attached hydrogens (tertiary/aromatic N) is 2. The molecule has 262 valence electrons. The van der Waals surface area contributed by atoms with Crippen molar-refractivity contribution in [2.24, 2.45) is 0 Å². The predicted molar refractivity (Wildman–Crippen MR) is 237 cm³/mol. The van der Waals surface area contributed by atoms with Gasteiger partial charge >= 0.3 is 0 Å². The third-order valence-electron chi connectivity index (χ3n) is 10.6. The van der Waals surface area contributed by atoms with Crippen molar-refractivity contribution in [2.45, 2.75) is 0 Å². The lowest BCUT2D eigenvalue weighted by atomic mass is 10.1. The molecule has 0 radical (unpaired) electrons. The maximum atomic E-state index is 2.47. The summed E-state index contributed by atoms with van der Waals surface area (Å²) >= 11 is 0. The highest BCUT2D eigenvalue weighted by Crippen LogP contribution is 2.39. The van der Waals surface area contributed by atoms with Gasteiger partial charge in [-0.2, -0.15) is 0 Å². The Balaban J connectivity index is 1.36. The first-order chi connectivity index (χ1) is 27.3. The molecule has 0 aliphatic rings. The monoisotopic (exact) mass is 720 g/mol. The van der Waals surface area contributed by atoms with Crippen LogP contribution < -0.4 is 30.5 Å². The Morgan fingerprint density at radius 1 is 0.273 bits per heavy atom. The molecule has 0 N–H and O–H groups in total. The fraction of sp³-hybridized carbons (Fsp3) is 0. The van der Waals surface area contributed by atoms with Crippen molar-refractivity contribution in [3.8, 4) is 0 Å². The van der Waals surface area contributed by atoms with E-state index in [1.54, 1.807) is 0 Å². The molecular weight excluding hydrogens is 681 g/mol. The van der Waals surface area contributed by atoms with E-state index in [4.69, 9.17) is 0 Å². The van der Waals surface area contributed by atoms with Crippen LogP contribution >= 0.6 is 0 Å². The maximum Gasteiger partial charge on any atom is 0.181 e. The van der Waals surface area contributed by atoms with Crippen molar-refractivity contribution in [2.75, 3.05) is 9.80 Å². The van der Waals surface area contributed by atoms with Crippen molar-refractivity contribution in [1.82, 2.24) is 0 Å². The molecule has 0 aliphatic carbocycles. The zero-order chi connectivity index (χ0) is 36.9. The number of hydrogen-bond acceptors (Lipinski definition) is 2. The van der Waals surface area contributed by atoms with Crippen molar-refractivity contribution >= 4 is 73.7 Å². The first kappa shape index (κ1) is 33.9. The van der Waals surface area contributed by atoms with E-state index >= 15 is 0 Å². The Bertz CT molecular complexity index is 2560. The summed E-state index contributed by atoms with van der Waals surface area (Å²) in [4.78, 5) is 4.85. The normalized spacial score (nSPS) is 11.3. The van der Waals surface area contributed by atoms with Gasteiger partial charge in [-0.05, 0) is 86.8 Å². The van der Waals surface area contributed by atoms with Gasteiger partial charge in [0.15, 0.2) is 8.07 Å². The molecule has 0 unspecified atom stereocenters. The van der Waals surface area contributed by atoms with E-state index in [0.717, 1.165) is 28.4 Å². The number of para-hydroxylation sites is 4. The molecule has 9 aromatic carbocycles. The summed E-state index contributed by atoms with van der Waals surface area (Å²) in [5.41, 5.74) is 6.77. The number of benzene rings is 9. The van der Waals surface area contributed by atoms with E-state index in [-0.39, 0.29) is 0 Å². The molecule has 0 saturated heterocycles. The molecule has 9 rings (SSSR count). The quantitative estimate of drug-likeness (QED) is 0.103. The van der Waals surface area contributed by atoms with Gasteiger partial charge in [-0.1, -0.05) is 182 Å². The molecule has 0 aromatic heterocycles. The number of hydrogen-bond donors (Lipinski definition) is 0. The first-order valence-electron chi connectivity index (χ1n) is 18.9. The topological polar surface area (TPSA) is 6.48 Å². The molecule has 0 spiro atoms. The van der Waals surface area contributed by atoms with Crippen LogP contribution in [0.5, 0.6) is 0 Å². The van der Waals surface area contributed by atoms with Gasteiger partial charge < -0.3 is 9.80 Å². The summed E-state index contributed by atoms with van der Waals surface area (Å²) in [6, 6.07) is 88.5. The van der Waals surface area contributed by atoms with Gasteiger partial charge in [0.2, 0.25) is 0 Å². The Morgan fingerprint density at radius 2 is 0.655 bits per heavy atom. The van der Waals surface area contributed by atoms with Crippen molar-refractivity contribution < 1.29 is 0 Å². The van der Waals surface area contributed by atoms with Crippen LogP contribution in [-0.4, -0.2) is 8.07 Å². The van der Waals surface area contributed by atoms with Gasteiger partial charge in [0, 0.05) is 33.8 Å². The van der Waals surface area contributed by atoms with E-state index in [1.165, 1.54) is 37.2 Å². The van der Waals surface area contributed by atoms with Gasteiger partial charge in [0.1, 0.15) is 0 Å². The molecule has 0 atom stereocenters. The zero-order valence-corrected chi connectivity index (χ0v) is 31.5. The average molecular weight is 721 g/mol. The Morgan fingerprint density at radius 3 is 1.24 bits per heavy atom. The van der Waals surface area contributed by atoms with Crippen LogP contribution in [0.3, 0.4) is 0 Å². The van der Waals surface area contributed by atoms with Gasteiger partial charge in [-0.3, -0.25) is 0 Å². The molecule has 0 aliphatic heterocycles. The van der Waals surface area contributed by atoms with Gasteiger partial charge in [-0.25, -0.2) is 0 Å². The summed E-state index contributed by atoms with van der Waals surface area (Å²) < 4.78 is 0. The fourth-order valence-corrected chi connectivity index (χ4v) is 13.1. The van der Waals surface area contributed by atoms with E-state index in [1.807, 2.05) is 0 Å². The summed E-state index contributed by atoms with van der Waals surface area (Å²) in [5, 5.41) is 7.68. The van der Waals surface area contributed by atoms with Crippen molar-refractivity contribution in [1.29, 1.82) is 0 Å². The van der Waals surface area contributed by atoms with Crippen molar-refractivity contribution in [3.05, 3.63) is 243 Å². The average Bonchev–Trinajstić information content (AvgIpc) is 3.27. The number of rotatable bonds is 10. The minimum Gasteiger partial charge on any atom is -0.311 e. The van der Waals surface area contributed by atoms with E-state index in [9.17, 15) is 0 Å². The minimum absolute atomic E-state index is 1.11. The Hall–Kier alpha value is -6.94. The van der Waals surface area contributed by atoms with Gasteiger partial charge in [0.05, 0.1) is 5.69 Å². The van der Waals surface area contributed by atoms with E-state index < -0.39 is 8.07 Å². The second kappa shape index (κ2) is 15.2. The van der Waals surface area contributed by atoms with E-state index in [2.05, 4.69) is 252 Å². The molecule has 0 heterocycles. The van der Waals surface area contributed by atoms with Crippen LogP contribution in [0.2, 0.25) is 0 Å². The maximum absolute atomic E-state index is 3.07. The Labute approximate surface area is 324 Å². The van der Waals surface area contributed by atoms with Crippen LogP contribution in [0, 0.1) is 0 Å². The van der Waals surface area contributed by atoms with Crippen LogP contribution in [0.15, 0.2) is 243 Å². The third kappa shape index (κ3) is 6.31. The van der Waals surface area contributed by atoms with Crippen LogP contribution in [0.25, 0.3) is 10.8 Å². The van der Waals surface area contributed by atoms with Crippen LogP contribution in [0.4, 0.5) is 34.1 Å². The minimum atomic E-state index is -3.07. The van der Waals surface area contributed by atoms with Gasteiger partial charge in [-0.15, -0.1) is 0 Å². The fourth-order valence-electron chi connectivity index (χ4n) is 8.20. The second-order valence-electron chi connectivity index (χ2n) is 13.7. The highest BCUT2D eigenvalue weighted by Gasteiger charge is 2.44. The summed E-state index contributed by atoms with van der Waals surface area (Å²) in [5.74, 6) is 0. The standard InChI is InChI=1S/C52H40N2Si/c1-6-24-42(25-7-1)53(43-26-8-2-9-27-43)51-37-18-19-39-52(51)55(46-31-12-4-13-32-46,47-33-14-5-15-34-47)48-35-21-30-45(40-48)54(44-28-10-3-11-29-44)50-38-20-23-41-22-16-17-36-49(41)50/h1-40H. The largest absolute Gasteiger partial charge is 0.311 e. The predicted octanol–water partition coefficient (Wildman–Crippen LogP) is 11.2. The molecule has 3 heteroatoms. The molecule has 0 saturated carbocycles. The lowest BCUT2D eigenvalue weighted by Crippen LogP contribution is -2.75. The lowest BCUT2D eigenvalue weighted by Gasteiger charge is -2.39. The molecule has 9 aromatic rings. The molecule has 55 heavy (non-hydrogen) atoms. The number of fused-ring (bicyclic) bond motifs is 1. The molecule has 0 fully saturated rings. The van der Waals surface area contributed by atoms with Crippen molar-refractivity contribution in [3.63, 3.8) is 0 Å². The highest BCUT2D eigenvalue weighted by atomic mass is 28.3. The second-order valence-corrected chi connectivity index (χ2v) is 17.5. The number of anilines is 6. The van der Waals surface area contributed by atoms with Crippen LogP contribution in [-0.2, 0) is 0 Å². The van der Waals surface area contributed by atoms with Gasteiger partial charge in [0.25, 0.3) is 0 Å². The van der Waals surface area contributed by atoms with Crippen LogP contribution in [0.1, 0.15) is 0 Å². The molecule has 2 nitrogen and oxygen atoms in total. The van der Waals surface area contributed by atoms with E-state index in [0.29, 0.717) is 0 Å². The molecule has 0 amide bonds.